The number of epoxide rings is 1. The Morgan fingerprint density at radius 3 is 2.69 bits per heavy atom. The van der Waals surface area contributed by atoms with Crippen molar-refractivity contribution in [1.29, 1.82) is 0 Å². The highest BCUT2D eigenvalue weighted by Crippen LogP contribution is 2.66. The predicted octanol–water partition coefficient (Wildman–Crippen LogP) is 3.41. The van der Waals surface area contributed by atoms with Crippen molar-refractivity contribution >= 4 is 11.9 Å². The molecule has 0 aromatic rings. The largest absolute Gasteiger partial charge is 0.469 e. The molecule has 0 N–H and O–H groups in total. The molecule has 0 aromatic carbocycles. The summed E-state index contributed by atoms with van der Waals surface area (Å²) in [4.78, 5) is 24.5. The second-order valence-electron chi connectivity index (χ2n) is 9.13. The van der Waals surface area contributed by atoms with Crippen molar-refractivity contribution < 1.29 is 23.8 Å². The highest BCUT2D eigenvalue weighted by molar-refractivity contribution is 5.90. The molecule has 5 heteroatoms. The van der Waals surface area contributed by atoms with E-state index in [4.69, 9.17) is 14.2 Å². The molecule has 1 spiro atoms. The maximum Gasteiger partial charge on any atom is 0.334 e. The van der Waals surface area contributed by atoms with Gasteiger partial charge in [0.1, 0.15) is 6.61 Å². The average Bonchev–Trinajstić information content (AvgIpc) is 3.26. The second kappa shape index (κ2) is 6.08. The van der Waals surface area contributed by atoms with Gasteiger partial charge in [0.15, 0.2) is 0 Å². The first-order valence-corrected chi connectivity index (χ1v) is 9.94. The summed E-state index contributed by atoms with van der Waals surface area (Å²) in [6, 6.07) is 0. The zero-order valence-corrected chi connectivity index (χ0v) is 16.1. The number of fused-ring (bicyclic) bond motifs is 1. The summed E-state index contributed by atoms with van der Waals surface area (Å²) in [5, 5.41) is 0. The fourth-order valence-corrected chi connectivity index (χ4v) is 6.55. The molecule has 2 unspecified atom stereocenters. The predicted molar refractivity (Wildman–Crippen MR) is 95.3 cm³/mol. The van der Waals surface area contributed by atoms with E-state index in [0.29, 0.717) is 18.4 Å². The van der Waals surface area contributed by atoms with Crippen LogP contribution >= 0.6 is 0 Å². The molecule has 144 valence electrons. The van der Waals surface area contributed by atoms with Crippen LogP contribution in [0.25, 0.3) is 0 Å². The molecule has 5 nitrogen and oxygen atoms in total. The first-order valence-electron chi connectivity index (χ1n) is 9.94. The van der Waals surface area contributed by atoms with E-state index in [1.54, 1.807) is 0 Å². The third-order valence-corrected chi connectivity index (χ3v) is 7.94. The van der Waals surface area contributed by atoms with E-state index >= 15 is 0 Å². The van der Waals surface area contributed by atoms with Gasteiger partial charge in [-0.05, 0) is 68.8 Å². The summed E-state index contributed by atoms with van der Waals surface area (Å²) in [5.74, 6) is 0.436. The van der Waals surface area contributed by atoms with Crippen LogP contribution in [0.2, 0.25) is 0 Å². The van der Waals surface area contributed by atoms with Gasteiger partial charge >= 0.3 is 11.9 Å². The molecule has 0 bridgehead atoms. The molecule has 26 heavy (non-hydrogen) atoms. The topological polar surface area (TPSA) is 65.1 Å². The lowest BCUT2D eigenvalue weighted by molar-refractivity contribution is -0.174. The summed E-state index contributed by atoms with van der Waals surface area (Å²) < 4.78 is 16.3. The first-order chi connectivity index (χ1) is 12.4. The van der Waals surface area contributed by atoms with Crippen molar-refractivity contribution in [3.8, 4) is 0 Å². The number of ether oxygens (including phenoxy) is 3. The van der Waals surface area contributed by atoms with Crippen molar-refractivity contribution in [1.82, 2.24) is 0 Å². The quantitative estimate of drug-likeness (QED) is 0.566. The number of carbonyl (C=O) groups excluding carboxylic acids is 2. The average molecular weight is 362 g/mol. The van der Waals surface area contributed by atoms with E-state index in [1.165, 1.54) is 7.11 Å². The van der Waals surface area contributed by atoms with E-state index in [0.717, 1.165) is 57.1 Å². The maximum absolute atomic E-state index is 12.7. The van der Waals surface area contributed by atoms with E-state index in [1.807, 2.05) is 6.08 Å². The Hall–Kier alpha value is -1.36. The van der Waals surface area contributed by atoms with Crippen LogP contribution < -0.4 is 0 Å². The third kappa shape index (κ3) is 2.54. The number of hydrogen-bond acceptors (Lipinski definition) is 5. The van der Waals surface area contributed by atoms with Gasteiger partial charge in [-0.25, -0.2) is 4.79 Å². The zero-order valence-electron chi connectivity index (χ0n) is 16.1. The normalized spacial score (nSPS) is 44.3. The van der Waals surface area contributed by atoms with Crippen molar-refractivity contribution in [2.24, 2.45) is 22.7 Å². The van der Waals surface area contributed by atoms with Crippen molar-refractivity contribution in [3.05, 3.63) is 11.6 Å². The Labute approximate surface area is 155 Å². The third-order valence-electron chi connectivity index (χ3n) is 7.94. The molecular formula is C21H30O5. The molecule has 2 saturated carbocycles. The van der Waals surface area contributed by atoms with Crippen LogP contribution in [0.15, 0.2) is 11.6 Å². The van der Waals surface area contributed by atoms with Gasteiger partial charge in [0, 0.05) is 5.57 Å². The van der Waals surface area contributed by atoms with Crippen LogP contribution in [0.5, 0.6) is 0 Å². The first kappa shape index (κ1) is 18.0. The minimum absolute atomic E-state index is 0.0390. The van der Waals surface area contributed by atoms with Gasteiger partial charge in [-0.2, -0.15) is 0 Å². The van der Waals surface area contributed by atoms with E-state index in [9.17, 15) is 9.59 Å². The Balaban J connectivity index is 1.61. The number of rotatable bonds is 4. The maximum atomic E-state index is 12.7. The van der Waals surface area contributed by atoms with Gasteiger partial charge in [0.25, 0.3) is 0 Å². The molecule has 0 amide bonds. The van der Waals surface area contributed by atoms with Crippen molar-refractivity contribution in [2.75, 3.05) is 20.3 Å². The lowest BCUT2D eigenvalue weighted by Crippen LogP contribution is -2.57. The Bertz CT molecular complexity index is 649. The van der Waals surface area contributed by atoms with Crippen LogP contribution in [0, 0.1) is 22.7 Å². The summed E-state index contributed by atoms with van der Waals surface area (Å²) in [5.41, 5.74) is 0.391. The van der Waals surface area contributed by atoms with Gasteiger partial charge in [-0.15, -0.1) is 0 Å². The lowest BCUT2D eigenvalue weighted by Gasteiger charge is -2.58. The second-order valence-corrected chi connectivity index (χ2v) is 9.13. The fourth-order valence-electron chi connectivity index (χ4n) is 6.55. The highest BCUT2D eigenvalue weighted by Gasteiger charge is 2.66. The molecule has 1 saturated heterocycles. The fraction of sp³-hybridized carbons (Fsp3) is 0.810. The Morgan fingerprint density at radius 2 is 2.08 bits per heavy atom. The van der Waals surface area contributed by atoms with Crippen LogP contribution in [-0.4, -0.2) is 37.9 Å². The summed E-state index contributed by atoms with van der Waals surface area (Å²) in [7, 11) is 1.50. The number of hydrogen-bond donors (Lipinski definition) is 0. The molecular weight excluding hydrogens is 332 g/mol. The monoisotopic (exact) mass is 362 g/mol. The van der Waals surface area contributed by atoms with Crippen LogP contribution in [0.1, 0.15) is 58.8 Å². The zero-order chi connectivity index (χ0) is 18.6. The minimum Gasteiger partial charge on any atom is -0.469 e. The van der Waals surface area contributed by atoms with Gasteiger partial charge in [0.2, 0.25) is 0 Å². The molecule has 2 aliphatic carbocycles. The number of esters is 2. The molecule has 5 atom stereocenters. The van der Waals surface area contributed by atoms with Gasteiger partial charge < -0.3 is 14.2 Å². The van der Waals surface area contributed by atoms with Crippen molar-refractivity contribution in [3.63, 3.8) is 0 Å². The van der Waals surface area contributed by atoms with Gasteiger partial charge in [-0.3, -0.25) is 4.79 Å². The van der Waals surface area contributed by atoms with Crippen LogP contribution in [-0.2, 0) is 23.8 Å². The number of methoxy groups -OCH3 is 1. The minimum atomic E-state index is -0.415. The van der Waals surface area contributed by atoms with Crippen LogP contribution in [0.3, 0.4) is 0 Å². The van der Waals surface area contributed by atoms with E-state index in [2.05, 4.69) is 13.8 Å². The standard InChI is InChI=1S/C21H30O5/c1-19-9-4-10-20(2,18(23)24-3)15(19)7-11-21(13-26-21)16(19)6-5-14-8-12-25-17(14)22/h8,15-16H,4-7,9-13H2,1-3H3/t15?,16-,19+,20+,21?/m1/s1. The molecule has 2 aliphatic heterocycles. The SMILES string of the molecule is COC(=O)[C@@]1(C)CCC[C@@]2(C)C1CCC1(CO1)[C@@H]2CCC1=CCOC1=O. The molecule has 2 heterocycles. The molecule has 0 aromatic heterocycles. The van der Waals surface area contributed by atoms with E-state index in [-0.39, 0.29) is 23.0 Å². The Morgan fingerprint density at radius 1 is 1.31 bits per heavy atom. The van der Waals surface area contributed by atoms with Crippen molar-refractivity contribution in [2.45, 2.75) is 64.4 Å². The molecule has 3 fully saturated rings. The summed E-state index contributed by atoms with van der Waals surface area (Å²) in [6.45, 7) is 5.67. The van der Waals surface area contributed by atoms with Crippen LogP contribution in [0.4, 0.5) is 0 Å². The number of cyclic esters (lactones) is 1. The summed E-state index contributed by atoms with van der Waals surface area (Å²) >= 11 is 0. The van der Waals surface area contributed by atoms with E-state index < -0.39 is 5.41 Å². The smallest absolute Gasteiger partial charge is 0.334 e. The molecule has 0 radical (unpaired) electrons. The summed E-state index contributed by atoms with van der Waals surface area (Å²) in [6.07, 6.45) is 8.65. The lowest BCUT2D eigenvalue weighted by atomic mass is 9.45. The van der Waals surface area contributed by atoms with Gasteiger partial charge in [-0.1, -0.05) is 13.3 Å². The molecule has 4 aliphatic rings. The number of carbonyl (C=O) groups is 2. The molecule has 4 rings (SSSR count). The van der Waals surface area contributed by atoms with Gasteiger partial charge in [0.05, 0.1) is 24.7 Å². The highest BCUT2D eigenvalue weighted by atomic mass is 16.6. The Kier molecular flexibility index (Phi) is 4.22.